The SMILES string of the molecule is CCCCCCCCCCOc1ccc(-c2ccc(C(=O)O)cc2)c(-c2ccc(OCC(C)OCCC)cc2)c1. The molecule has 0 heterocycles. The zero-order valence-corrected chi connectivity index (χ0v) is 24.5. The first kappa shape index (κ1) is 31.2. The molecule has 0 aliphatic carbocycles. The topological polar surface area (TPSA) is 65.0 Å². The van der Waals surface area contributed by atoms with Crippen LogP contribution in [0, 0.1) is 0 Å². The molecule has 216 valence electrons. The van der Waals surface area contributed by atoms with Crippen LogP contribution in [0.15, 0.2) is 66.7 Å². The molecular formula is C35H46O5. The van der Waals surface area contributed by atoms with Gasteiger partial charge in [-0.15, -0.1) is 0 Å². The average molecular weight is 547 g/mol. The maximum absolute atomic E-state index is 11.3. The van der Waals surface area contributed by atoms with Crippen molar-refractivity contribution < 1.29 is 24.1 Å². The van der Waals surface area contributed by atoms with Crippen LogP contribution >= 0.6 is 0 Å². The van der Waals surface area contributed by atoms with E-state index >= 15 is 0 Å². The monoisotopic (exact) mass is 546 g/mol. The van der Waals surface area contributed by atoms with Gasteiger partial charge in [-0.2, -0.15) is 0 Å². The van der Waals surface area contributed by atoms with Gasteiger partial charge in [-0.05, 0) is 78.4 Å². The second-order valence-electron chi connectivity index (χ2n) is 10.4. The van der Waals surface area contributed by atoms with Crippen molar-refractivity contribution in [3.05, 3.63) is 72.3 Å². The highest BCUT2D eigenvalue weighted by Crippen LogP contribution is 2.36. The summed E-state index contributed by atoms with van der Waals surface area (Å²) in [5.74, 6) is 0.706. The van der Waals surface area contributed by atoms with Crippen LogP contribution in [-0.4, -0.2) is 37.0 Å². The van der Waals surface area contributed by atoms with Crippen LogP contribution in [0.3, 0.4) is 0 Å². The molecule has 0 saturated carbocycles. The molecule has 0 aromatic heterocycles. The van der Waals surface area contributed by atoms with Crippen molar-refractivity contribution in [1.29, 1.82) is 0 Å². The first-order valence-corrected chi connectivity index (χ1v) is 15.0. The van der Waals surface area contributed by atoms with E-state index in [0.717, 1.165) is 53.2 Å². The molecular weight excluding hydrogens is 500 g/mol. The van der Waals surface area contributed by atoms with Crippen LogP contribution in [-0.2, 0) is 4.74 Å². The van der Waals surface area contributed by atoms with Crippen LogP contribution < -0.4 is 9.47 Å². The zero-order valence-electron chi connectivity index (χ0n) is 24.5. The van der Waals surface area contributed by atoms with Gasteiger partial charge in [-0.1, -0.05) is 89.1 Å². The highest BCUT2D eigenvalue weighted by molar-refractivity contribution is 5.90. The van der Waals surface area contributed by atoms with E-state index in [-0.39, 0.29) is 11.7 Å². The van der Waals surface area contributed by atoms with Crippen LogP contribution in [0.25, 0.3) is 22.3 Å². The Balaban J connectivity index is 1.70. The third kappa shape index (κ3) is 10.3. The first-order valence-electron chi connectivity index (χ1n) is 15.0. The Bertz CT molecular complexity index is 1140. The Kier molecular flexibility index (Phi) is 13.6. The number of rotatable bonds is 19. The Labute approximate surface area is 240 Å². The van der Waals surface area contributed by atoms with E-state index in [1.54, 1.807) is 12.1 Å². The third-order valence-corrected chi connectivity index (χ3v) is 6.96. The summed E-state index contributed by atoms with van der Waals surface area (Å²) in [5, 5.41) is 9.31. The lowest BCUT2D eigenvalue weighted by molar-refractivity contribution is 0.0327. The Morgan fingerprint density at radius 1 is 0.675 bits per heavy atom. The van der Waals surface area contributed by atoms with Crippen LogP contribution in [0.5, 0.6) is 11.5 Å². The Morgan fingerprint density at radius 2 is 1.27 bits per heavy atom. The van der Waals surface area contributed by atoms with Gasteiger partial charge in [0.05, 0.1) is 18.3 Å². The summed E-state index contributed by atoms with van der Waals surface area (Å²) >= 11 is 0. The first-order chi connectivity index (χ1) is 19.5. The minimum atomic E-state index is -0.929. The van der Waals surface area contributed by atoms with E-state index in [9.17, 15) is 9.90 Å². The van der Waals surface area contributed by atoms with Gasteiger partial charge in [0.2, 0.25) is 0 Å². The van der Waals surface area contributed by atoms with Crippen LogP contribution in [0.1, 0.15) is 88.9 Å². The molecule has 1 atom stereocenters. The van der Waals surface area contributed by atoms with Crippen LogP contribution in [0.2, 0.25) is 0 Å². The molecule has 40 heavy (non-hydrogen) atoms. The highest BCUT2D eigenvalue weighted by atomic mass is 16.5. The number of carbonyl (C=O) groups is 1. The van der Waals surface area contributed by atoms with E-state index < -0.39 is 5.97 Å². The van der Waals surface area contributed by atoms with Crippen molar-refractivity contribution in [3.8, 4) is 33.8 Å². The Hall–Kier alpha value is -3.31. The number of hydrogen-bond acceptors (Lipinski definition) is 4. The van der Waals surface area contributed by atoms with Gasteiger partial charge in [-0.3, -0.25) is 0 Å². The van der Waals surface area contributed by atoms with Crippen molar-refractivity contribution >= 4 is 5.97 Å². The molecule has 5 heteroatoms. The van der Waals surface area contributed by atoms with E-state index in [0.29, 0.717) is 13.2 Å². The summed E-state index contributed by atoms with van der Waals surface area (Å²) in [6.07, 6.45) is 11.2. The van der Waals surface area contributed by atoms with E-state index in [1.807, 2.05) is 37.3 Å². The van der Waals surface area contributed by atoms with Crippen molar-refractivity contribution in [3.63, 3.8) is 0 Å². The average Bonchev–Trinajstić information content (AvgIpc) is 2.98. The third-order valence-electron chi connectivity index (χ3n) is 6.96. The minimum absolute atomic E-state index is 0.0369. The number of hydrogen-bond donors (Lipinski definition) is 1. The predicted molar refractivity (Wildman–Crippen MR) is 164 cm³/mol. The number of carboxylic acid groups (broad SMARTS) is 1. The molecule has 0 aliphatic heterocycles. The predicted octanol–water partition coefficient (Wildman–Crippen LogP) is 9.43. The maximum Gasteiger partial charge on any atom is 0.335 e. The Morgan fingerprint density at radius 3 is 1.93 bits per heavy atom. The lowest BCUT2D eigenvalue weighted by atomic mass is 9.93. The molecule has 5 nitrogen and oxygen atoms in total. The van der Waals surface area contributed by atoms with Crippen molar-refractivity contribution in [2.75, 3.05) is 19.8 Å². The van der Waals surface area contributed by atoms with Crippen molar-refractivity contribution in [2.24, 2.45) is 0 Å². The minimum Gasteiger partial charge on any atom is -0.494 e. The maximum atomic E-state index is 11.3. The number of aromatic carboxylic acids is 1. The summed E-state index contributed by atoms with van der Waals surface area (Å²) in [7, 11) is 0. The fraction of sp³-hybridized carbons (Fsp3) is 0.457. The van der Waals surface area contributed by atoms with Gasteiger partial charge in [0.15, 0.2) is 0 Å². The highest BCUT2D eigenvalue weighted by Gasteiger charge is 2.12. The summed E-state index contributed by atoms with van der Waals surface area (Å²) in [4.78, 5) is 11.3. The molecule has 0 radical (unpaired) electrons. The van der Waals surface area contributed by atoms with Gasteiger partial charge >= 0.3 is 5.97 Å². The van der Waals surface area contributed by atoms with Gasteiger partial charge in [0, 0.05) is 6.61 Å². The standard InChI is InChI=1S/C35H46O5/c1-4-6-7-8-9-10-11-12-24-39-32-21-22-33(28-13-15-30(16-14-28)35(36)37)34(25-32)29-17-19-31(20-18-29)40-26-27(3)38-23-5-2/h13-22,25,27H,4-12,23-24,26H2,1-3H3,(H,36,37). The van der Waals surface area contributed by atoms with E-state index in [4.69, 9.17) is 14.2 Å². The lowest BCUT2D eigenvalue weighted by Gasteiger charge is -2.16. The van der Waals surface area contributed by atoms with E-state index in [2.05, 4.69) is 38.1 Å². The van der Waals surface area contributed by atoms with Crippen LogP contribution in [0.4, 0.5) is 0 Å². The molecule has 1 unspecified atom stereocenters. The number of ether oxygens (including phenoxy) is 3. The molecule has 0 aliphatic rings. The van der Waals surface area contributed by atoms with E-state index in [1.165, 1.54) is 44.9 Å². The molecule has 3 rings (SSSR count). The summed E-state index contributed by atoms with van der Waals surface area (Å²) in [5.41, 5.74) is 4.32. The quantitative estimate of drug-likeness (QED) is 0.152. The smallest absolute Gasteiger partial charge is 0.335 e. The molecule has 3 aromatic rings. The lowest BCUT2D eigenvalue weighted by Crippen LogP contribution is -2.18. The second-order valence-corrected chi connectivity index (χ2v) is 10.4. The molecule has 1 N–H and O–H groups in total. The van der Waals surface area contributed by atoms with Gasteiger partial charge in [0.25, 0.3) is 0 Å². The molecule has 0 fully saturated rings. The molecule has 0 bridgehead atoms. The largest absolute Gasteiger partial charge is 0.494 e. The summed E-state index contributed by atoms with van der Waals surface area (Å²) in [6.45, 7) is 8.30. The molecule has 3 aromatic carbocycles. The summed E-state index contributed by atoms with van der Waals surface area (Å²) < 4.78 is 17.8. The normalized spacial score (nSPS) is 11.8. The van der Waals surface area contributed by atoms with Gasteiger partial charge in [-0.25, -0.2) is 4.79 Å². The van der Waals surface area contributed by atoms with Crippen molar-refractivity contribution in [1.82, 2.24) is 0 Å². The summed E-state index contributed by atoms with van der Waals surface area (Å²) in [6, 6.07) is 21.2. The van der Waals surface area contributed by atoms with Crippen molar-refractivity contribution in [2.45, 2.75) is 84.7 Å². The second kappa shape index (κ2) is 17.4. The molecule has 0 amide bonds. The van der Waals surface area contributed by atoms with Gasteiger partial charge in [0.1, 0.15) is 18.1 Å². The van der Waals surface area contributed by atoms with Gasteiger partial charge < -0.3 is 19.3 Å². The molecule has 0 saturated heterocycles. The molecule has 0 spiro atoms. The number of unbranched alkanes of at least 4 members (excludes halogenated alkanes) is 7. The fourth-order valence-electron chi connectivity index (χ4n) is 4.63. The zero-order chi connectivity index (χ0) is 28.6. The number of carboxylic acids is 1. The fourth-order valence-corrected chi connectivity index (χ4v) is 4.63. The number of benzene rings is 3.